The zero-order valence-electron chi connectivity index (χ0n) is 14.7. The Hall–Kier alpha value is -3.07. The Balaban J connectivity index is 1.88. The van der Waals surface area contributed by atoms with Gasteiger partial charge in [0.15, 0.2) is 0 Å². The SMILES string of the molecule is C=C(C)C(=O)Oc1ccc2cc(N(C)c3ccc(C)cc3)ccc2c1. The summed E-state index contributed by atoms with van der Waals surface area (Å²) >= 11 is 0. The highest BCUT2D eigenvalue weighted by molar-refractivity contribution is 5.91. The van der Waals surface area contributed by atoms with Crippen LogP contribution in [0.1, 0.15) is 12.5 Å². The molecule has 3 aromatic rings. The van der Waals surface area contributed by atoms with Crippen LogP contribution in [0.5, 0.6) is 5.75 Å². The molecule has 0 N–H and O–H groups in total. The molecule has 0 aliphatic carbocycles. The highest BCUT2D eigenvalue weighted by Crippen LogP contribution is 2.29. The molecule has 0 aliphatic heterocycles. The van der Waals surface area contributed by atoms with Crippen molar-refractivity contribution in [2.45, 2.75) is 13.8 Å². The molecular formula is C22H21NO2. The molecule has 3 aromatic carbocycles. The molecule has 3 heteroatoms. The number of carbonyl (C=O) groups excluding carboxylic acids is 1. The highest BCUT2D eigenvalue weighted by Gasteiger charge is 2.08. The summed E-state index contributed by atoms with van der Waals surface area (Å²) < 4.78 is 5.29. The Morgan fingerprint density at radius 3 is 2.20 bits per heavy atom. The van der Waals surface area contributed by atoms with Gasteiger partial charge < -0.3 is 9.64 Å². The van der Waals surface area contributed by atoms with Gasteiger partial charge in [-0.2, -0.15) is 0 Å². The number of anilines is 2. The van der Waals surface area contributed by atoms with Gasteiger partial charge in [0.05, 0.1) is 0 Å². The van der Waals surface area contributed by atoms with E-state index in [1.807, 2.05) is 18.2 Å². The number of esters is 1. The van der Waals surface area contributed by atoms with Gasteiger partial charge in [0.1, 0.15) is 5.75 Å². The lowest BCUT2D eigenvalue weighted by Crippen LogP contribution is -2.09. The van der Waals surface area contributed by atoms with Gasteiger partial charge in [0.2, 0.25) is 0 Å². The molecule has 0 unspecified atom stereocenters. The van der Waals surface area contributed by atoms with Crippen molar-refractivity contribution in [1.82, 2.24) is 0 Å². The van der Waals surface area contributed by atoms with Gasteiger partial charge in [-0.05, 0) is 61.0 Å². The topological polar surface area (TPSA) is 29.5 Å². The second-order valence-electron chi connectivity index (χ2n) is 6.26. The van der Waals surface area contributed by atoms with Crippen LogP contribution in [0.15, 0.2) is 72.8 Å². The van der Waals surface area contributed by atoms with E-state index >= 15 is 0 Å². The summed E-state index contributed by atoms with van der Waals surface area (Å²) in [7, 11) is 2.05. The molecule has 25 heavy (non-hydrogen) atoms. The highest BCUT2D eigenvalue weighted by atomic mass is 16.5. The van der Waals surface area contributed by atoms with Crippen molar-refractivity contribution in [2.75, 3.05) is 11.9 Å². The zero-order valence-corrected chi connectivity index (χ0v) is 14.7. The van der Waals surface area contributed by atoms with Crippen LogP contribution in [0.3, 0.4) is 0 Å². The number of ether oxygens (including phenoxy) is 1. The molecule has 0 spiro atoms. The van der Waals surface area contributed by atoms with E-state index in [1.165, 1.54) is 5.56 Å². The summed E-state index contributed by atoms with van der Waals surface area (Å²) in [6.07, 6.45) is 0. The maximum atomic E-state index is 11.6. The summed E-state index contributed by atoms with van der Waals surface area (Å²) in [5, 5.41) is 2.11. The summed E-state index contributed by atoms with van der Waals surface area (Å²) in [6.45, 7) is 7.32. The van der Waals surface area contributed by atoms with Crippen LogP contribution in [-0.4, -0.2) is 13.0 Å². The molecule has 0 radical (unpaired) electrons. The minimum absolute atomic E-state index is 0.384. The Bertz CT molecular complexity index is 942. The Kier molecular flexibility index (Phi) is 4.57. The molecule has 126 valence electrons. The predicted molar refractivity (Wildman–Crippen MR) is 104 cm³/mol. The largest absolute Gasteiger partial charge is 0.423 e. The van der Waals surface area contributed by atoms with Gasteiger partial charge in [-0.15, -0.1) is 0 Å². The van der Waals surface area contributed by atoms with Crippen molar-refractivity contribution >= 4 is 28.1 Å². The van der Waals surface area contributed by atoms with Crippen LogP contribution < -0.4 is 9.64 Å². The van der Waals surface area contributed by atoms with Crippen LogP contribution in [-0.2, 0) is 4.79 Å². The van der Waals surface area contributed by atoms with E-state index in [0.29, 0.717) is 11.3 Å². The van der Waals surface area contributed by atoms with Gasteiger partial charge in [-0.25, -0.2) is 4.79 Å². The lowest BCUT2D eigenvalue weighted by Gasteiger charge is -2.20. The van der Waals surface area contributed by atoms with Gasteiger partial charge in [0.25, 0.3) is 0 Å². The minimum atomic E-state index is -0.407. The first kappa shape index (κ1) is 16.8. The first-order valence-electron chi connectivity index (χ1n) is 8.16. The van der Waals surface area contributed by atoms with Crippen LogP contribution >= 0.6 is 0 Å². The second-order valence-corrected chi connectivity index (χ2v) is 6.26. The Labute approximate surface area is 148 Å². The smallest absolute Gasteiger partial charge is 0.338 e. The first-order chi connectivity index (χ1) is 11.9. The maximum absolute atomic E-state index is 11.6. The van der Waals surface area contributed by atoms with Crippen LogP contribution in [0, 0.1) is 6.92 Å². The third kappa shape index (κ3) is 3.72. The Morgan fingerprint density at radius 1 is 0.920 bits per heavy atom. The lowest BCUT2D eigenvalue weighted by atomic mass is 10.1. The molecule has 0 heterocycles. The molecule has 0 atom stereocenters. The van der Waals surface area contributed by atoms with E-state index in [9.17, 15) is 4.79 Å². The number of carbonyl (C=O) groups is 1. The van der Waals surface area contributed by atoms with Crippen molar-refractivity contribution in [2.24, 2.45) is 0 Å². The number of rotatable bonds is 4. The number of hydrogen-bond acceptors (Lipinski definition) is 3. The molecule has 0 saturated heterocycles. The van der Waals surface area contributed by atoms with Gasteiger partial charge in [-0.3, -0.25) is 0 Å². The maximum Gasteiger partial charge on any atom is 0.338 e. The molecule has 0 aliphatic rings. The van der Waals surface area contributed by atoms with Crippen molar-refractivity contribution in [1.29, 1.82) is 0 Å². The van der Waals surface area contributed by atoms with Crippen molar-refractivity contribution in [3.63, 3.8) is 0 Å². The quantitative estimate of drug-likeness (QED) is 0.364. The molecule has 0 bridgehead atoms. The second kappa shape index (κ2) is 6.81. The lowest BCUT2D eigenvalue weighted by molar-refractivity contribution is -0.130. The summed E-state index contributed by atoms with van der Waals surface area (Å²) in [5.74, 6) is 0.121. The van der Waals surface area contributed by atoms with E-state index in [4.69, 9.17) is 4.74 Å². The van der Waals surface area contributed by atoms with Crippen LogP contribution in [0.4, 0.5) is 11.4 Å². The van der Waals surface area contributed by atoms with Crippen molar-refractivity contribution in [3.8, 4) is 5.75 Å². The average Bonchev–Trinajstić information content (AvgIpc) is 2.61. The third-order valence-electron chi connectivity index (χ3n) is 4.16. The predicted octanol–water partition coefficient (Wildman–Crippen LogP) is 5.40. The van der Waals surface area contributed by atoms with E-state index in [0.717, 1.165) is 22.1 Å². The fourth-order valence-electron chi connectivity index (χ4n) is 2.59. The fraction of sp³-hybridized carbons (Fsp3) is 0.136. The van der Waals surface area contributed by atoms with Gasteiger partial charge >= 0.3 is 5.97 Å². The molecule has 3 nitrogen and oxygen atoms in total. The molecule has 0 amide bonds. The number of nitrogens with zero attached hydrogens (tertiary/aromatic N) is 1. The van der Waals surface area contributed by atoms with E-state index in [-0.39, 0.29) is 0 Å². The molecule has 0 aromatic heterocycles. The number of hydrogen-bond donors (Lipinski definition) is 0. The van der Waals surface area contributed by atoms with Gasteiger partial charge in [-0.1, -0.05) is 36.4 Å². The van der Waals surface area contributed by atoms with E-state index in [2.05, 4.69) is 61.8 Å². The number of aryl methyl sites for hydroxylation is 1. The first-order valence-corrected chi connectivity index (χ1v) is 8.16. The van der Waals surface area contributed by atoms with E-state index < -0.39 is 5.97 Å². The fourth-order valence-corrected chi connectivity index (χ4v) is 2.59. The third-order valence-corrected chi connectivity index (χ3v) is 4.16. The normalized spacial score (nSPS) is 10.5. The van der Waals surface area contributed by atoms with Crippen LogP contribution in [0.2, 0.25) is 0 Å². The number of benzene rings is 3. The zero-order chi connectivity index (χ0) is 18.0. The summed E-state index contributed by atoms with van der Waals surface area (Å²) in [5.41, 5.74) is 3.86. The summed E-state index contributed by atoms with van der Waals surface area (Å²) in [4.78, 5) is 13.8. The summed E-state index contributed by atoms with van der Waals surface area (Å²) in [6, 6.07) is 20.3. The Morgan fingerprint density at radius 2 is 1.52 bits per heavy atom. The molecular weight excluding hydrogens is 310 g/mol. The standard InChI is InChI=1S/C22H21NO2/c1-15(2)22(24)25-21-12-8-17-13-20(11-7-18(17)14-21)23(4)19-9-5-16(3)6-10-19/h5-14H,1H2,2-4H3. The van der Waals surface area contributed by atoms with Gasteiger partial charge in [0, 0.05) is 24.0 Å². The van der Waals surface area contributed by atoms with Crippen LogP contribution in [0.25, 0.3) is 10.8 Å². The van der Waals surface area contributed by atoms with Crippen molar-refractivity contribution < 1.29 is 9.53 Å². The monoisotopic (exact) mass is 331 g/mol. The minimum Gasteiger partial charge on any atom is -0.423 e. The molecule has 0 fully saturated rings. The molecule has 3 rings (SSSR count). The average molecular weight is 331 g/mol. The van der Waals surface area contributed by atoms with E-state index in [1.54, 1.807) is 13.0 Å². The number of fused-ring (bicyclic) bond motifs is 1. The molecule has 0 saturated carbocycles. The van der Waals surface area contributed by atoms with Crippen molar-refractivity contribution in [3.05, 3.63) is 78.4 Å².